The van der Waals surface area contributed by atoms with Crippen LogP contribution in [0.1, 0.15) is 24.7 Å². The molecule has 0 bridgehead atoms. The molecule has 0 aliphatic carbocycles. The van der Waals surface area contributed by atoms with Crippen molar-refractivity contribution in [1.29, 1.82) is 0 Å². The van der Waals surface area contributed by atoms with Gasteiger partial charge in [-0.15, -0.1) is 10.2 Å². The third-order valence-corrected chi connectivity index (χ3v) is 2.92. The molecule has 7 nitrogen and oxygen atoms in total. The summed E-state index contributed by atoms with van der Waals surface area (Å²) in [4.78, 5) is 8.29. The van der Waals surface area contributed by atoms with E-state index in [-0.39, 0.29) is 0 Å². The SMILES string of the molecule is CCCc1c(N)ncnc1NCCc1nncn1C. The first-order valence-corrected chi connectivity index (χ1v) is 6.38. The van der Waals surface area contributed by atoms with E-state index in [1.165, 1.54) is 6.33 Å². The number of rotatable bonds is 6. The summed E-state index contributed by atoms with van der Waals surface area (Å²) in [6.07, 6.45) is 5.85. The molecule has 2 aromatic heterocycles. The maximum atomic E-state index is 5.88. The van der Waals surface area contributed by atoms with E-state index in [0.29, 0.717) is 5.82 Å². The van der Waals surface area contributed by atoms with Crippen LogP contribution in [-0.2, 0) is 19.9 Å². The molecular formula is C12H19N7. The molecule has 102 valence electrons. The van der Waals surface area contributed by atoms with Gasteiger partial charge in [0, 0.05) is 25.6 Å². The first-order chi connectivity index (χ1) is 9.22. The van der Waals surface area contributed by atoms with Crippen molar-refractivity contribution in [3.05, 3.63) is 24.0 Å². The van der Waals surface area contributed by atoms with Gasteiger partial charge in [0.05, 0.1) is 0 Å². The van der Waals surface area contributed by atoms with E-state index in [2.05, 4.69) is 32.4 Å². The molecule has 0 spiro atoms. The first-order valence-electron chi connectivity index (χ1n) is 6.38. The van der Waals surface area contributed by atoms with Gasteiger partial charge >= 0.3 is 0 Å². The number of hydrogen-bond donors (Lipinski definition) is 2. The molecule has 7 heteroatoms. The molecule has 2 heterocycles. The van der Waals surface area contributed by atoms with Gasteiger partial charge in [-0.25, -0.2) is 9.97 Å². The lowest BCUT2D eigenvalue weighted by atomic mass is 10.1. The van der Waals surface area contributed by atoms with Gasteiger partial charge in [0.25, 0.3) is 0 Å². The molecule has 0 atom stereocenters. The molecular weight excluding hydrogens is 242 g/mol. The number of aryl methyl sites for hydroxylation is 1. The number of nitrogens with two attached hydrogens (primary N) is 1. The van der Waals surface area contributed by atoms with Crippen LogP contribution < -0.4 is 11.1 Å². The van der Waals surface area contributed by atoms with E-state index in [4.69, 9.17) is 5.73 Å². The summed E-state index contributed by atoms with van der Waals surface area (Å²) >= 11 is 0. The highest BCUT2D eigenvalue weighted by Crippen LogP contribution is 2.18. The van der Waals surface area contributed by atoms with Gasteiger partial charge in [-0.1, -0.05) is 13.3 Å². The molecule has 2 rings (SSSR count). The average Bonchev–Trinajstić information content (AvgIpc) is 2.79. The van der Waals surface area contributed by atoms with Crippen molar-refractivity contribution in [2.75, 3.05) is 17.6 Å². The van der Waals surface area contributed by atoms with Crippen molar-refractivity contribution in [1.82, 2.24) is 24.7 Å². The highest BCUT2D eigenvalue weighted by atomic mass is 15.2. The quantitative estimate of drug-likeness (QED) is 0.798. The fourth-order valence-corrected chi connectivity index (χ4v) is 1.90. The van der Waals surface area contributed by atoms with Crippen LogP contribution in [0.25, 0.3) is 0 Å². The summed E-state index contributed by atoms with van der Waals surface area (Å²) in [6, 6.07) is 0. The van der Waals surface area contributed by atoms with Gasteiger partial charge < -0.3 is 15.6 Å². The smallest absolute Gasteiger partial charge is 0.134 e. The van der Waals surface area contributed by atoms with Crippen LogP contribution in [0, 0.1) is 0 Å². The molecule has 19 heavy (non-hydrogen) atoms. The van der Waals surface area contributed by atoms with Crippen LogP contribution in [0.3, 0.4) is 0 Å². The minimum atomic E-state index is 0.554. The van der Waals surface area contributed by atoms with E-state index in [0.717, 1.165) is 43.0 Å². The summed E-state index contributed by atoms with van der Waals surface area (Å²) in [6.45, 7) is 2.84. The second kappa shape index (κ2) is 6.12. The molecule has 0 saturated carbocycles. The Hall–Kier alpha value is -2.18. The summed E-state index contributed by atoms with van der Waals surface area (Å²) in [5.74, 6) is 2.31. The van der Waals surface area contributed by atoms with E-state index in [9.17, 15) is 0 Å². The van der Waals surface area contributed by atoms with E-state index >= 15 is 0 Å². The van der Waals surface area contributed by atoms with Crippen molar-refractivity contribution in [2.24, 2.45) is 7.05 Å². The van der Waals surface area contributed by atoms with Crippen molar-refractivity contribution < 1.29 is 0 Å². The Labute approximate surface area is 112 Å². The molecule has 0 aromatic carbocycles. The standard InChI is InChI=1S/C12H19N7/c1-3-4-9-11(13)15-7-16-12(9)14-6-5-10-18-17-8-19(10)2/h7-8H,3-6H2,1-2H3,(H3,13,14,15,16). The predicted molar refractivity (Wildman–Crippen MR) is 73.6 cm³/mol. The van der Waals surface area contributed by atoms with E-state index in [1.54, 1.807) is 6.33 Å². The van der Waals surface area contributed by atoms with Crippen LogP contribution in [0.2, 0.25) is 0 Å². The maximum Gasteiger partial charge on any atom is 0.134 e. The number of nitrogen functional groups attached to an aromatic ring is 1. The molecule has 0 radical (unpaired) electrons. The highest BCUT2D eigenvalue weighted by molar-refractivity contribution is 5.54. The Kier molecular flexibility index (Phi) is 4.27. The Bertz CT molecular complexity index is 535. The fourth-order valence-electron chi connectivity index (χ4n) is 1.90. The minimum Gasteiger partial charge on any atom is -0.383 e. The highest BCUT2D eigenvalue weighted by Gasteiger charge is 2.08. The minimum absolute atomic E-state index is 0.554. The molecule has 0 amide bonds. The third-order valence-electron chi connectivity index (χ3n) is 2.92. The summed E-state index contributed by atoms with van der Waals surface area (Å²) in [7, 11) is 1.93. The second-order valence-electron chi connectivity index (χ2n) is 4.37. The lowest BCUT2D eigenvalue weighted by Gasteiger charge is -2.11. The average molecular weight is 261 g/mol. The van der Waals surface area contributed by atoms with Crippen LogP contribution in [-0.4, -0.2) is 31.3 Å². The van der Waals surface area contributed by atoms with Crippen LogP contribution in [0.15, 0.2) is 12.7 Å². The molecule has 2 aromatic rings. The van der Waals surface area contributed by atoms with E-state index < -0.39 is 0 Å². The van der Waals surface area contributed by atoms with Crippen LogP contribution >= 0.6 is 0 Å². The molecule has 0 unspecified atom stereocenters. The zero-order valence-electron chi connectivity index (χ0n) is 11.3. The van der Waals surface area contributed by atoms with Crippen molar-refractivity contribution in [2.45, 2.75) is 26.2 Å². The lowest BCUT2D eigenvalue weighted by Crippen LogP contribution is -2.12. The molecule has 0 aliphatic heterocycles. The summed E-state index contributed by atoms with van der Waals surface area (Å²) in [5, 5.41) is 11.2. The largest absolute Gasteiger partial charge is 0.383 e. The second-order valence-corrected chi connectivity index (χ2v) is 4.37. The summed E-state index contributed by atoms with van der Waals surface area (Å²) < 4.78 is 1.91. The van der Waals surface area contributed by atoms with Gasteiger partial charge in [0.15, 0.2) is 0 Å². The van der Waals surface area contributed by atoms with Gasteiger partial charge in [0.2, 0.25) is 0 Å². The molecule has 0 saturated heterocycles. The molecule has 0 fully saturated rings. The Morgan fingerprint density at radius 3 is 2.84 bits per heavy atom. The number of nitrogens with zero attached hydrogens (tertiary/aromatic N) is 5. The van der Waals surface area contributed by atoms with Gasteiger partial charge in [-0.3, -0.25) is 0 Å². The lowest BCUT2D eigenvalue weighted by molar-refractivity contribution is 0.785. The summed E-state index contributed by atoms with van der Waals surface area (Å²) in [5.41, 5.74) is 6.87. The van der Waals surface area contributed by atoms with Crippen LogP contribution in [0.5, 0.6) is 0 Å². The number of nitrogens with one attached hydrogen (secondary N) is 1. The normalized spacial score (nSPS) is 10.6. The maximum absolute atomic E-state index is 5.88. The predicted octanol–water partition coefficient (Wildman–Crippen LogP) is 0.794. The van der Waals surface area contributed by atoms with Crippen molar-refractivity contribution in [3.63, 3.8) is 0 Å². The number of hydrogen-bond acceptors (Lipinski definition) is 6. The number of anilines is 2. The van der Waals surface area contributed by atoms with Crippen molar-refractivity contribution >= 4 is 11.6 Å². The van der Waals surface area contributed by atoms with Crippen molar-refractivity contribution in [3.8, 4) is 0 Å². The molecule has 3 N–H and O–H groups in total. The van der Waals surface area contributed by atoms with Crippen LogP contribution in [0.4, 0.5) is 11.6 Å². The monoisotopic (exact) mass is 261 g/mol. The van der Waals surface area contributed by atoms with Gasteiger partial charge in [-0.05, 0) is 6.42 Å². The first kappa shape index (κ1) is 13.3. The Morgan fingerprint density at radius 1 is 1.32 bits per heavy atom. The van der Waals surface area contributed by atoms with Gasteiger partial charge in [0.1, 0.15) is 30.1 Å². The Morgan fingerprint density at radius 2 is 2.16 bits per heavy atom. The van der Waals surface area contributed by atoms with E-state index in [1.807, 2.05) is 11.6 Å². The fraction of sp³-hybridized carbons (Fsp3) is 0.500. The number of aromatic nitrogens is 5. The third kappa shape index (κ3) is 3.18. The zero-order chi connectivity index (χ0) is 13.7. The molecule has 0 aliphatic rings. The van der Waals surface area contributed by atoms with Gasteiger partial charge in [-0.2, -0.15) is 0 Å². The topological polar surface area (TPSA) is 94.5 Å². The Balaban J connectivity index is 1.99. The zero-order valence-corrected chi connectivity index (χ0v) is 11.3.